The van der Waals surface area contributed by atoms with E-state index in [0.717, 1.165) is 11.9 Å². The standard InChI is InChI=1S/C33H31BO2S/c1-20-16-17-25-24-12-6-7-13-26(24)31-30(27(25)18-20)29-23(14-9-15-28(29)37-31)21-10-8-11-22(19-21)34-35-32(2,3)33(4,5)36-34/h6-17,19-20H,18H2,1-5H3. The Bertz CT molecular complexity index is 1730. The van der Waals surface area contributed by atoms with Gasteiger partial charge < -0.3 is 9.31 Å². The molecule has 4 heteroatoms. The van der Waals surface area contributed by atoms with Crippen molar-refractivity contribution in [3.05, 3.63) is 83.9 Å². The molecular weight excluding hydrogens is 471 g/mol. The summed E-state index contributed by atoms with van der Waals surface area (Å²) in [5, 5.41) is 5.53. The van der Waals surface area contributed by atoms with Crippen LogP contribution in [-0.2, 0) is 15.7 Å². The average Bonchev–Trinajstić information content (AvgIpc) is 3.38. The Labute approximate surface area is 223 Å². The fourth-order valence-electron chi connectivity index (χ4n) is 5.96. The van der Waals surface area contributed by atoms with E-state index in [4.69, 9.17) is 9.31 Å². The van der Waals surface area contributed by atoms with Crippen LogP contribution in [0.1, 0.15) is 45.7 Å². The highest BCUT2D eigenvalue weighted by molar-refractivity contribution is 7.26. The highest BCUT2D eigenvalue weighted by Gasteiger charge is 2.51. The molecule has 0 radical (unpaired) electrons. The molecule has 1 aromatic heterocycles. The van der Waals surface area contributed by atoms with E-state index in [1.165, 1.54) is 53.2 Å². The Morgan fingerprint density at radius 2 is 1.57 bits per heavy atom. The molecule has 2 heterocycles. The molecular formula is C33H31BO2S. The lowest BCUT2D eigenvalue weighted by molar-refractivity contribution is 0.00578. The number of thiophene rings is 1. The second kappa shape index (κ2) is 8.04. The Hall–Kier alpha value is -2.92. The maximum absolute atomic E-state index is 6.39. The van der Waals surface area contributed by atoms with E-state index in [2.05, 4.69) is 114 Å². The Morgan fingerprint density at radius 3 is 2.35 bits per heavy atom. The normalized spacial score (nSPS) is 20.2. The molecule has 1 atom stereocenters. The van der Waals surface area contributed by atoms with Crippen molar-refractivity contribution in [3.63, 3.8) is 0 Å². The van der Waals surface area contributed by atoms with Gasteiger partial charge in [0, 0.05) is 25.6 Å². The minimum Gasteiger partial charge on any atom is -0.399 e. The van der Waals surface area contributed by atoms with Crippen LogP contribution in [0.2, 0.25) is 0 Å². The lowest BCUT2D eigenvalue weighted by Crippen LogP contribution is -2.41. The first-order valence-corrected chi connectivity index (χ1v) is 14.1. The Balaban J connectivity index is 1.48. The van der Waals surface area contributed by atoms with E-state index < -0.39 is 0 Å². The molecule has 0 N–H and O–H groups in total. The third-order valence-electron chi connectivity index (χ3n) is 8.64. The summed E-state index contributed by atoms with van der Waals surface area (Å²) in [5.74, 6) is 0.533. The topological polar surface area (TPSA) is 18.5 Å². The lowest BCUT2D eigenvalue weighted by Gasteiger charge is -2.32. The summed E-state index contributed by atoms with van der Waals surface area (Å²) >= 11 is 1.93. The van der Waals surface area contributed by atoms with Gasteiger partial charge in [-0.1, -0.05) is 79.7 Å². The molecule has 0 bridgehead atoms. The monoisotopic (exact) mass is 502 g/mol. The highest BCUT2D eigenvalue weighted by atomic mass is 32.1. The van der Waals surface area contributed by atoms with Crippen LogP contribution < -0.4 is 5.46 Å². The van der Waals surface area contributed by atoms with Gasteiger partial charge in [-0.15, -0.1) is 11.3 Å². The van der Waals surface area contributed by atoms with Gasteiger partial charge in [-0.3, -0.25) is 0 Å². The van der Waals surface area contributed by atoms with Crippen molar-refractivity contribution in [2.45, 2.75) is 52.2 Å². The molecule has 1 saturated heterocycles. The van der Waals surface area contributed by atoms with E-state index >= 15 is 0 Å². The zero-order valence-corrected chi connectivity index (χ0v) is 22.9. The number of fused-ring (bicyclic) bond motifs is 8. The van der Waals surface area contributed by atoms with Crippen molar-refractivity contribution in [1.82, 2.24) is 0 Å². The SMILES string of the molecule is CC1C=Cc2c(c3c(sc4cccc(-c5cccc(B6OC(C)(C)C(C)(C)O6)c5)c43)c3ccccc23)C1. The summed E-state index contributed by atoms with van der Waals surface area (Å²) < 4.78 is 15.5. The Kier molecular flexibility index (Phi) is 5.05. The maximum atomic E-state index is 6.39. The van der Waals surface area contributed by atoms with Crippen LogP contribution in [0.4, 0.5) is 0 Å². The van der Waals surface area contributed by atoms with Gasteiger partial charge in [0.15, 0.2) is 0 Å². The van der Waals surface area contributed by atoms with Gasteiger partial charge in [-0.2, -0.15) is 0 Å². The van der Waals surface area contributed by atoms with Gasteiger partial charge in [-0.25, -0.2) is 0 Å². The number of hydrogen-bond donors (Lipinski definition) is 0. The van der Waals surface area contributed by atoms with Crippen LogP contribution in [0.5, 0.6) is 0 Å². The molecule has 0 saturated carbocycles. The summed E-state index contributed by atoms with van der Waals surface area (Å²) in [6.45, 7) is 10.8. The van der Waals surface area contributed by atoms with Gasteiger partial charge >= 0.3 is 7.12 Å². The molecule has 2 aliphatic rings. The third-order valence-corrected chi connectivity index (χ3v) is 9.83. The van der Waals surface area contributed by atoms with Gasteiger partial charge in [-0.05, 0) is 79.2 Å². The smallest absolute Gasteiger partial charge is 0.399 e. The van der Waals surface area contributed by atoms with Crippen LogP contribution in [-0.4, -0.2) is 18.3 Å². The maximum Gasteiger partial charge on any atom is 0.494 e. The van der Waals surface area contributed by atoms with Gasteiger partial charge in [0.05, 0.1) is 11.2 Å². The number of allylic oxidation sites excluding steroid dienone is 1. The molecule has 1 aliphatic heterocycles. The summed E-state index contributed by atoms with van der Waals surface area (Å²) in [7, 11) is -0.369. The number of rotatable bonds is 2. The lowest BCUT2D eigenvalue weighted by atomic mass is 9.77. The van der Waals surface area contributed by atoms with E-state index in [1.54, 1.807) is 0 Å². The van der Waals surface area contributed by atoms with Gasteiger partial charge in [0.2, 0.25) is 0 Å². The predicted molar refractivity (Wildman–Crippen MR) is 160 cm³/mol. The predicted octanol–water partition coefficient (Wildman–Crippen LogP) is 8.38. The molecule has 0 spiro atoms. The largest absolute Gasteiger partial charge is 0.494 e. The molecule has 0 amide bonds. The molecule has 37 heavy (non-hydrogen) atoms. The first-order chi connectivity index (χ1) is 17.7. The average molecular weight is 502 g/mol. The first-order valence-electron chi connectivity index (χ1n) is 13.3. The second-order valence-electron chi connectivity index (χ2n) is 11.7. The first kappa shape index (κ1) is 23.2. The van der Waals surface area contributed by atoms with Crippen molar-refractivity contribution >= 4 is 60.9 Å². The van der Waals surface area contributed by atoms with Gasteiger partial charge in [0.25, 0.3) is 0 Å². The van der Waals surface area contributed by atoms with Crippen molar-refractivity contribution in [2.24, 2.45) is 5.92 Å². The summed E-state index contributed by atoms with van der Waals surface area (Å²) in [4.78, 5) is 0. The zero-order chi connectivity index (χ0) is 25.5. The quantitative estimate of drug-likeness (QED) is 0.226. The van der Waals surface area contributed by atoms with E-state index in [1.807, 2.05) is 11.3 Å². The van der Waals surface area contributed by atoms with Crippen LogP contribution in [0.15, 0.2) is 72.8 Å². The van der Waals surface area contributed by atoms with Crippen LogP contribution in [0.25, 0.3) is 48.1 Å². The summed E-state index contributed by atoms with van der Waals surface area (Å²) in [5.41, 5.74) is 5.71. The molecule has 5 aromatic rings. The fourth-order valence-corrected chi connectivity index (χ4v) is 7.26. The summed E-state index contributed by atoms with van der Waals surface area (Å²) in [6, 6.07) is 24.4. The highest BCUT2D eigenvalue weighted by Crippen LogP contribution is 2.47. The molecule has 1 fully saturated rings. The van der Waals surface area contributed by atoms with Crippen molar-refractivity contribution in [2.75, 3.05) is 0 Å². The number of hydrogen-bond acceptors (Lipinski definition) is 3. The second-order valence-corrected chi connectivity index (χ2v) is 12.7. The van der Waals surface area contributed by atoms with E-state index in [9.17, 15) is 0 Å². The molecule has 2 nitrogen and oxygen atoms in total. The van der Waals surface area contributed by atoms with Crippen molar-refractivity contribution in [1.29, 1.82) is 0 Å². The fraction of sp³-hybridized carbons (Fsp3) is 0.273. The Morgan fingerprint density at radius 1 is 0.838 bits per heavy atom. The van der Waals surface area contributed by atoms with Crippen LogP contribution in [0.3, 0.4) is 0 Å². The molecule has 7 rings (SSSR count). The minimum atomic E-state index is -0.369. The van der Waals surface area contributed by atoms with Crippen LogP contribution in [0, 0.1) is 5.92 Å². The summed E-state index contributed by atoms with van der Waals surface area (Å²) in [6.07, 6.45) is 5.79. The third kappa shape index (κ3) is 3.46. The molecule has 4 aromatic carbocycles. The van der Waals surface area contributed by atoms with Crippen molar-refractivity contribution in [3.8, 4) is 11.1 Å². The molecule has 184 valence electrons. The molecule has 1 aliphatic carbocycles. The van der Waals surface area contributed by atoms with Crippen LogP contribution >= 0.6 is 11.3 Å². The van der Waals surface area contributed by atoms with E-state index in [0.29, 0.717) is 5.92 Å². The minimum absolute atomic E-state index is 0.360. The van der Waals surface area contributed by atoms with E-state index in [-0.39, 0.29) is 18.3 Å². The zero-order valence-electron chi connectivity index (χ0n) is 22.1. The van der Waals surface area contributed by atoms with Crippen molar-refractivity contribution < 1.29 is 9.31 Å². The number of benzene rings is 4. The molecule has 1 unspecified atom stereocenters. The van der Waals surface area contributed by atoms with Gasteiger partial charge in [0.1, 0.15) is 0 Å².